The summed E-state index contributed by atoms with van der Waals surface area (Å²) < 4.78 is 11.7. The number of rotatable bonds is 2. The van der Waals surface area contributed by atoms with E-state index in [1.807, 2.05) is 4.90 Å². The van der Waals surface area contributed by atoms with Gasteiger partial charge < -0.3 is 24.8 Å². The highest BCUT2D eigenvalue weighted by molar-refractivity contribution is 5.98. The van der Waals surface area contributed by atoms with Crippen LogP contribution in [0.4, 0.5) is 0 Å². The Kier molecular flexibility index (Phi) is 4.46. The summed E-state index contributed by atoms with van der Waals surface area (Å²) in [5.74, 6) is 1.62. The van der Waals surface area contributed by atoms with Gasteiger partial charge in [0.1, 0.15) is 11.5 Å². The van der Waals surface area contributed by atoms with Gasteiger partial charge in [-0.15, -0.1) is 0 Å². The monoisotopic (exact) mass is 400 g/mol. The van der Waals surface area contributed by atoms with Crippen LogP contribution in [0, 0.1) is 17.8 Å². The maximum atomic E-state index is 13.2. The number of carbonyl (C=O) groups is 2. The van der Waals surface area contributed by atoms with Crippen molar-refractivity contribution in [1.82, 2.24) is 10.2 Å². The van der Waals surface area contributed by atoms with Crippen molar-refractivity contribution >= 4 is 11.8 Å². The fourth-order valence-electron chi connectivity index (χ4n) is 5.74. The Labute approximate surface area is 170 Å². The summed E-state index contributed by atoms with van der Waals surface area (Å²) in [5, 5.41) is 12.9. The van der Waals surface area contributed by atoms with Gasteiger partial charge in [-0.25, -0.2) is 0 Å². The number of aliphatic hydroxyl groups is 1. The topological polar surface area (TPSA) is 88.1 Å². The molecule has 5 aliphatic rings. The van der Waals surface area contributed by atoms with Crippen LogP contribution in [0.5, 0.6) is 11.5 Å². The Morgan fingerprint density at radius 1 is 1.28 bits per heavy atom. The molecule has 0 radical (unpaired) electrons. The van der Waals surface area contributed by atoms with Crippen LogP contribution >= 0.6 is 0 Å². The molecule has 7 heteroatoms. The predicted octanol–water partition coefficient (Wildman–Crippen LogP) is 1.93. The van der Waals surface area contributed by atoms with Gasteiger partial charge in [-0.05, 0) is 50.2 Å². The molecule has 3 aliphatic carbocycles. The molecule has 1 aromatic rings. The number of benzene rings is 1. The van der Waals surface area contributed by atoms with Crippen LogP contribution in [0.25, 0.3) is 0 Å². The van der Waals surface area contributed by atoms with Gasteiger partial charge in [0, 0.05) is 37.4 Å². The molecule has 1 aromatic carbocycles. The minimum absolute atomic E-state index is 0.0122. The van der Waals surface area contributed by atoms with E-state index in [2.05, 4.69) is 5.32 Å². The summed E-state index contributed by atoms with van der Waals surface area (Å²) in [4.78, 5) is 27.9. The molecule has 2 N–H and O–H groups in total. The van der Waals surface area contributed by atoms with Gasteiger partial charge in [-0.3, -0.25) is 9.59 Å². The minimum Gasteiger partial charge on any atom is -0.497 e. The number of hydrogen-bond acceptors (Lipinski definition) is 5. The van der Waals surface area contributed by atoms with E-state index in [0.29, 0.717) is 49.4 Å². The number of ether oxygens (including phenoxy) is 2. The lowest BCUT2D eigenvalue weighted by Gasteiger charge is -2.55. The number of fused-ring (bicyclic) bond motifs is 3. The average Bonchev–Trinajstić information content (AvgIpc) is 2.73. The fourth-order valence-corrected chi connectivity index (χ4v) is 5.74. The molecule has 6 rings (SSSR count). The van der Waals surface area contributed by atoms with Crippen LogP contribution in [-0.2, 0) is 4.79 Å². The van der Waals surface area contributed by atoms with Crippen molar-refractivity contribution in [2.45, 2.75) is 50.4 Å². The lowest BCUT2D eigenvalue weighted by molar-refractivity contribution is -0.157. The first kappa shape index (κ1) is 18.7. The van der Waals surface area contributed by atoms with E-state index in [4.69, 9.17) is 9.47 Å². The molecule has 4 fully saturated rings. The molecule has 7 nitrogen and oxygen atoms in total. The van der Waals surface area contributed by atoms with Gasteiger partial charge in [-0.2, -0.15) is 0 Å². The van der Waals surface area contributed by atoms with Gasteiger partial charge in [-0.1, -0.05) is 0 Å². The lowest BCUT2D eigenvalue weighted by Crippen LogP contribution is -2.67. The molecule has 4 atom stereocenters. The number of nitrogens with zero attached hydrogens (tertiary/aromatic N) is 1. The molecule has 2 amide bonds. The molecule has 156 valence electrons. The summed E-state index contributed by atoms with van der Waals surface area (Å²) in [7, 11) is 1.60. The number of hydrogen-bond donors (Lipinski definition) is 2. The van der Waals surface area contributed by atoms with Crippen molar-refractivity contribution in [1.29, 1.82) is 0 Å². The van der Waals surface area contributed by atoms with Crippen LogP contribution in [0.1, 0.15) is 48.9 Å². The second kappa shape index (κ2) is 6.90. The van der Waals surface area contributed by atoms with E-state index >= 15 is 0 Å². The van der Waals surface area contributed by atoms with Gasteiger partial charge in [0.25, 0.3) is 5.91 Å². The average molecular weight is 400 g/mol. The largest absolute Gasteiger partial charge is 0.497 e. The van der Waals surface area contributed by atoms with E-state index in [1.54, 1.807) is 25.3 Å². The SMILES string of the molecule is COc1ccc2c(c1)O[C@]1(C[C@H]3CC[C@@H]1C[C@@H]3C(=O)N1CCC(O)CC1)NC2=O. The standard InChI is InChI=1S/C22H28N2O5/c1-28-16-4-5-17-19(11-16)29-22(23-20(17)26)12-13-2-3-14(22)10-18(13)21(27)24-8-6-15(25)7-9-24/h4-5,11,13-15,18,25H,2-3,6-10,12H2,1H3,(H,23,26)/t13-,14-,18+,22+/m1/s1. The van der Waals surface area contributed by atoms with E-state index in [0.717, 1.165) is 19.3 Å². The molecule has 0 unspecified atom stereocenters. The number of likely N-dealkylation sites (tertiary alicyclic amines) is 1. The van der Waals surface area contributed by atoms with Crippen molar-refractivity contribution in [2.75, 3.05) is 20.2 Å². The zero-order valence-electron chi connectivity index (χ0n) is 16.7. The van der Waals surface area contributed by atoms with Gasteiger partial charge in [0.2, 0.25) is 5.91 Å². The van der Waals surface area contributed by atoms with E-state index in [9.17, 15) is 14.7 Å². The number of nitrogens with one attached hydrogen (secondary N) is 1. The van der Waals surface area contributed by atoms with E-state index < -0.39 is 5.72 Å². The van der Waals surface area contributed by atoms with Crippen molar-refractivity contribution in [3.05, 3.63) is 23.8 Å². The minimum atomic E-state index is -0.728. The second-order valence-corrected chi connectivity index (χ2v) is 8.94. The first-order chi connectivity index (χ1) is 14.0. The zero-order valence-corrected chi connectivity index (χ0v) is 16.7. The molecule has 1 saturated heterocycles. The van der Waals surface area contributed by atoms with Gasteiger partial charge in [0.15, 0.2) is 5.72 Å². The number of carbonyl (C=O) groups excluding carboxylic acids is 2. The Morgan fingerprint density at radius 3 is 2.76 bits per heavy atom. The summed E-state index contributed by atoms with van der Waals surface area (Å²) in [6.45, 7) is 1.28. The van der Waals surface area contributed by atoms with Crippen LogP contribution in [0.2, 0.25) is 0 Å². The molecule has 2 aliphatic heterocycles. The Balaban J connectivity index is 1.36. The van der Waals surface area contributed by atoms with Crippen molar-refractivity contribution in [2.24, 2.45) is 17.8 Å². The van der Waals surface area contributed by atoms with Crippen molar-refractivity contribution < 1.29 is 24.2 Å². The third-order valence-corrected chi connectivity index (χ3v) is 7.36. The van der Waals surface area contributed by atoms with E-state index in [1.165, 1.54) is 0 Å². The highest BCUT2D eigenvalue weighted by atomic mass is 16.5. The second-order valence-electron chi connectivity index (χ2n) is 8.94. The molecular weight excluding hydrogens is 372 g/mol. The summed E-state index contributed by atoms with van der Waals surface area (Å²) in [6.07, 6.45) is 4.38. The number of amides is 2. The molecule has 0 aromatic heterocycles. The highest BCUT2D eigenvalue weighted by Crippen LogP contribution is 2.53. The highest BCUT2D eigenvalue weighted by Gasteiger charge is 2.57. The maximum absolute atomic E-state index is 13.2. The lowest BCUT2D eigenvalue weighted by atomic mass is 9.59. The number of piperidine rings is 1. The first-order valence-electron chi connectivity index (χ1n) is 10.7. The zero-order chi connectivity index (χ0) is 20.2. The van der Waals surface area contributed by atoms with Crippen LogP contribution in [-0.4, -0.2) is 53.8 Å². The molecular formula is C22H28N2O5. The summed E-state index contributed by atoms with van der Waals surface area (Å²) in [5.41, 5.74) is -0.203. The maximum Gasteiger partial charge on any atom is 0.258 e. The van der Waals surface area contributed by atoms with Crippen LogP contribution in [0.3, 0.4) is 0 Å². The number of aliphatic hydroxyl groups excluding tert-OH is 1. The van der Waals surface area contributed by atoms with Crippen LogP contribution in [0.15, 0.2) is 18.2 Å². The quantitative estimate of drug-likeness (QED) is 0.792. The summed E-state index contributed by atoms with van der Waals surface area (Å²) in [6, 6.07) is 5.27. The molecule has 3 saturated carbocycles. The third-order valence-electron chi connectivity index (χ3n) is 7.36. The first-order valence-corrected chi connectivity index (χ1v) is 10.7. The Bertz CT molecular complexity index is 834. The molecule has 29 heavy (non-hydrogen) atoms. The third kappa shape index (κ3) is 3.06. The van der Waals surface area contributed by atoms with Crippen molar-refractivity contribution in [3.63, 3.8) is 0 Å². The molecule has 2 bridgehead atoms. The van der Waals surface area contributed by atoms with Crippen LogP contribution < -0.4 is 14.8 Å². The normalized spacial score (nSPS) is 33.8. The Morgan fingerprint density at radius 2 is 2.07 bits per heavy atom. The van der Waals surface area contributed by atoms with Gasteiger partial charge >= 0.3 is 0 Å². The Hall–Kier alpha value is -2.28. The predicted molar refractivity (Wildman–Crippen MR) is 105 cm³/mol. The van der Waals surface area contributed by atoms with Crippen molar-refractivity contribution in [3.8, 4) is 11.5 Å². The summed E-state index contributed by atoms with van der Waals surface area (Å²) >= 11 is 0. The van der Waals surface area contributed by atoms with Gasteiger partial charge in [0.05, 0.1) is 18.8 Å². The van der Waals surface area contributed by atoms with E-state index in [-0.39, 0.29) is 35.7 Å². The number of methoxy groups -OCH3 is 1. The molecule has 1 spiro atoms. The fraction of sp³-hybridized carbons (Fsp3) is 0.636. The smallest absolute Gasteiger partial charge is 0.258 e. The molecule has 2 heterocycles.